The molecule has 5 nitrogen and oxygen atoms in total. The van der Waals surface area contributed by atoms with E-state index in [1.165, 1.54) is 32.3 Å². The van der Waals surface area contributed by atoms with Gasteiger partial charge < -0.3 is 5.32 Å². The third-order valence-corrected chi connectivity index (χ3v) is 5.60. The zero-order valence-electron chi connectivity index (χ0n) is 13.9. The van der Waals surface area contributed by atoms with Gasteiger partial charge in [0.05, 0.1) is 4.90 Å². The molecule has 24 heavy (non-hydrogen) atoms. The van der Waals surface area contributed by atoms with Gasteiger partial charge in [0.25, 0.3) is 5.91 Å². The highest BCUT2D eigenvalue weighted by Gasteiger charge is 2.20. The first-order valence-corrected chi connectivity index (χ1v) is 8.67. The van der Waals surface area contributed by atoms with Crippen molar-refractivity contribution in [3.8, 4) is 0 Å². The molecule has 128 valence electrons. The number of rotatable bonds is 4. The van der Waals surface area contributed by atoms with Crippen molar-refractivity contribution in [1.29, 1.82) is 0 Å². The fourth-order valence-corrected chi connectivity index (χ4v) is 3.23. The fraction of sp³-hybridized carbons (Fsp3) is 0.235. The number of carbonyl (C=O) groups excluding carboxylic acids is 1. The highest BCUT2D eigenvalue weighted by atomic mass is 32.2. The van der Waals surface area contributed by atoms with E-state index in [1.54, 1.807) is 26.0 Å². The molecule has 0 aliphatic carbocycles. The molecule has 0 spiro atoms. The lowest BCUT2D eigenvalue weighted by molar-refractivity contribution is 0.102. The highest BCUT2D eigenvalue weighted by Crippen LogP contribution is 2.23. The summed E-state index contributed by atoms with van der Waals surface area (Å²) in [6.45, 7) is 3.28. The van der Waals surface area contributed by atoms with Crippen molar-refractivity contribution >= 4 is 21.6 Å². The molecule has 7 heteroatoms. The molecule has 0 atom stereocenters. The second-order valence-corrected chi connectivity index (χ2v) is 7.81. The van der Waals surface area contributed by atoms with Crippen LogP contribution in [-0.2, 0) is 10.0 Å². The Hall–Kier alpha value is -2.25. The Morgan fingerprint density at radius 3 is 2.25 bits per heavy atom. The minimum Gasteiger partial charge on any atom is -0.322 e. The number of halogens is 1. The van der Waals surface area contributed by atoms with E-state index in [0.717, 1.165) is 10.4 Å². The van der Waals surface area contributed by atoms with Crippen LogP contribution in [0.15, 0.2) is 41.3 Å². The predicted octanol–water partition coefficient (Wildman–Crippen LogP) is 2.95. The Morgan fingerprint density at radius 2 is 1.67 bits per heavy atom. The van der Waals surface area contributed by atoms with Gasteiger partial charge in [0.1, 0.15) is 5.82 Å². The largest absolute Gasteiger partial charge is 0.322 e. The minimum absolute atomic E-state index is 0.111. The van der Waals surface area contributed by atoms with Crippen LogP contribution in [0.2, 0.25) is 0 Å². The van der Waals surface area contributed by atoms with Gasteiger partial charge in [-0.3, -0.25) is 4.79 Å². The van der Waals surface area contributed by atoms with Crippen molar-refractivity contribution in [1.82, 2.24) is 4.31 Å². The van der Waals surface area contributed by atoms with Crippen molar-refractivity contribution in [3.63, 3.8) is 0 Å². The van der Waals surface area contributed by atoms with E-state index in [-0.39, 0.29) is 10.5 Å². The Labute approximate surface area is 141 Å². The summed E-state index contributed by atoms with van der Waals surface area (Å²) in [7, 11) is -0.742. The number of aryl methyl sites for hydroxylation is 2. The predicted molar refractivity (Wildman–Crippen MR) is 91.1 cm³/mol. The number of hydrogen-bond donors (Lipinski definition) is 1. The molecule has 0 saturated carbocycles. The van der Waals surface area contributed by atoms with Crippen LogP contribution in [0.3, 0.4) is 0 Å². The molecule has 2 aromatic carbocycles. The lowest BCUT2D eigenvalue weighted by atomic mass is 10.1. The molecule has 0 fully saturated rings. The van der Waals surface area contributed by atoms with Gasteiger partial charge in [0.2, 0.25) is 10.0 Å². The summed E-state index contributed by atoms with van der Waals surface area (Å²) < 4.78 is 39.3. The summed E-state index contributed by atoms with van der Waals surface area (Å²) in [5.41, 5.74) is 1.51. The Balaban J connectivity index is 2.34. The van der Waals surface area contributed by atoms with Crippen LogP contribution in [-0.4, -0.2) is 32.7 Å². The maximum absolute atomic E-state index is 13.6. The Morgan fingerprint density at radius 1 is 1.04 bits per heavy atom. The molecule has 1 amide bonds. The van der Waals surface area contributed by atoms with E-state index in [2.05, 4.69) is 5.32 Å². The first kappa shape index (κ1) is 18.1. The molecule has 0 radical (unpaired) electrons. The van der Waals surface area contributed by atoms with Crippen LogP contribution in [0.4, 0.5) is 10.1 Å². The van der Waals surface area contributed by atoms with E-state index >= 15 is 0 Å². The molecule has 1 N–H and O–H groups in total. The molecule has 0 aliphatic heterocycles. The van der Waals surface area contributed by atoms with Gasteiger partial charge in [-0.15, -0.1) is 0 Å². The van der Waals surface area contributed by atoms with Crippen LogP contribution in [0, 0.1) is 19.7 Å². The van der Waals surface area contributed by atoms with Gasteiger partial charge in [0.15, 0.2) is 0 Å². The van der Waals surface area contributed by atoms with Gasteiger partial charge in [-0.05, 0) is 49.2 Å². The van der Waals surface area contributed by atoms with Crippen molar-refractivity contribution in [2.24, 2.45) is 0 Å². The minimum atomic E-state index is -3.62. The maximum Gasteiger partial charge on any atom is 0.255 e. The van der Waals surface area contributed by atoms with E-state index in [0.29, 0.717) is 16.8 Å². The SMILES string of the molecule is Cc1ccc(C(=O)Nc2ccc(C)c(S(=O)(=O)N(C)C)c2)cc1F. The number of anilines is 1. The lowest BCUT2D eigenvalue weighted by Gasteiger charge is -2.15. The lowest BCUT2D eigenvalue weighted by Crippen LogP contribution is -2.23. The Kier molecular flexibility index (Phi) is 5.05. The topological polar surface area (TPSA) is 66.5 Å². The third-order valence-electron chi connectivity index (χ3n) is 3.64. The van der Waals surface area contributed by atoms with Crippen molar-refractivity contribution < 1.29 is 17.6 Å². The second kappa shape index (κ2) is 6.70. The van der Waals surface area contributed by atoms with Gasteiger partial charge >= 0.3 is 0 Å². The molecule has 0 aromatic heterocycles. The zero-order chi connectivity index (χ0) is 18.1. The van der Waals surface area contributed by atoms with Crippen LogP contribution in [0.1, 0.15) is 21.5 Å². The molecule has 0 aliphatic rings. The third kappa shape index (κ3) is 3.63. The smallest absolute Gasteiger partial charge is 0.255 e. The number of carbonyl (C=O) groups is 1. The molecular weight excluding hydrogens is 331 g/mol. The summed E-state index contributed by atoms with van der Waals surface area (Å²) in [6.07, 6.45) is 0. The number of amides is 1. The molecule has 0 unspecified atom stereocenters. The monoisotopic (exact) mass is 350 g/mol. The van der Waals surface area contributed by atoms with Crippen molar-refractivity contribution in [2.75, 3.05) is 19.4 Å². The number of sulfonamides is 1. The summed E-state index contributed by atoms with van der Waals surface area (Å²) in [5, 5.41) is 2.59. The van der Waals surface area contributed by atoms with Crippen LogP contribution < -0.4 is 5.32 Å². The Bertz CT molecular complexity index is 893. The molecule has 0 heterocycles. The van der Waals surface area contributed by atoms with Gasteiger partial charge in [-0.1, -0.05) is 12.1 Å². The second-order valence-electron chi connectivity index (χ2n) is 5.69. The summed E-state index contributed by atoms with van der Waals surface area (Å²) >= 11 is 0. The molecule has 0 saturated heterocycles. The summed E-state index contributed by atoms with van der Waals surface area (Å²) in [4.78, 5) is 12.3. The zero-order valence-corrected chi connectivity index (χ0v) is 14.7. The van der Waals surface area contributed by atoms with Crippen LogP contribution in [0.25, 0.3) is 0 Å². The molecular formula is C17H19FN2O3S. The van der Waals surface area contributed by atoms with Crippen molar-refractivity contribution in [3.05, 3.63) is 58.9 Å². The molecule has 0 bridgehead atoms. The normalized spacial score (nSPS) is 11.6. The maximum atomic E-state index is 13.6. The summed E-state index contributed by atoms with van der Waals surface area (Å²) in [6, 6.07) is 8.79. The van der Waals surface area contributed by atoms with E-state index in [4.69, 9.17) is 0 Å². The summed E-state index contributed by atoms with van der Waals surface area (Å²) in [5.74, 6) is -0.978. The van der Waals surface area contributed by atoms with E-state index in [1.807, 2.05) is 0 Å². The highest BCUT2D eigenvalue weighted by molar-refractivity contribution is 7.89. The molecule has 2 rings (SSSR count). The van der Waals surface area contributed by atoms with E-state index in [9.17, 15) is 17.6 Å². The van der Waals surface area contributed by atoms with Crippen LogP contribution >= 0.6 is 0 Å². The number of hydrogen-bond acceptors (Lipinski definition) is 3. The van der Waals surface area contributed by atoms with E-state index < -0.39 is 21.7 Å². The molecule has 2 aromatic rings. The standard InChI is InChI=1S/C17H19FN2O3S/c1-11-5-7-13(9-15(11)18)17(21)19-14-8-6-12(2)16(10-14)24(22,23)20(3)4/h5-10H,1-4H3,(H,19,21). The van der Waals surface area contributed by atoms with Gasteiger partial charge in [-0.2, -0.15) is 0 Å². The average molecular weight is 350 g/mol. The first-order chi connectivity index (χ1) is 11.1. The van der Waals surface area contributed by atoms with Crippen molar-refractivity contribution in [2.45, 2.75) is 18.7 Å². The van der Waals surface area contributed by atoms with Gasteiger partial charge in [0, 0.05) is 25.3 Å². The number of nitrogens with zero attached hydrogens (tertiary/aromatic N) is 1. The average Bonchev–Trinajstić information content (AvgIpc) is 2.51. The van der Waals surface area contributed by atoms with Gasteiger partial charge in [-0.25, -0.2) is 17.1 Å². The number of nitrogens with one attached hydrogen (secondary N) is 1. The van der Waals surface area contributed by atoms with Crippen LogP contribution in [0.5, 0.6) is 0 Å². The quantitative estimate of drug-likeness (QED) is 0.922. The first-order valence-electron chi connectivity index (χ1n) is 7.23. The fourth-order valence-electron chi connectivity index (χ4n) is 2.09. The number of benzene rings is 2.